The van der Waals surface area contributed by atoms with Gasteiger partial charge in [-0.25, -0.2) is 9.83 Å². The molecule has 0 radical (unpaired) electrons. The number of nitrogens with zero attached hydrogens (tertiary/aromatic N) is 7. The minimum Gasteiger partial charge on any atom is -0.490 e. The predicted molar refractivity (Wildman–Crippen MR) is 215 cm³/mol. The minimum atomic E-state index is -0.601. The van der Waals surface area contributed by atoms with Crippen LogP contribution in [0.1, 0.15) is 83.2 Å². The maximum Gasteiger partial charge on any atom is 0.256 e. The molecule has 5 aliphatic heterocycles. The maximum atomic E-state index is 13.5. The zero-order chi connectivity index (χ0) is 39.2. The summed E-state index contributed by atoms with van der Waals surface area (Å²) in [5.74, 6) is 1.55. The number of ether oxygens (including phenoxy) is 1. The van der Waals surface area contributed by atoms with Gasteiger partial charge >= 0.3 is 0 Å². The van der Waals surface area contributed by atoms with Crippen LogP contribution in [-0.2, 0) is 22.7 Å². The number of aromatic nitrogens is 1. The zero-order valence-corrected chi connectivity index (χ0v) is 32.8. The van der Waals surface area contributed by atoms with Crippen LogP contribution in [0.5, 0.6) is 5.75 Å². The van der Waals surface area contributed by atoms with Crippen molar-refractivity contribution in [1.29, 1.82) is 0 Å². The Morgan fingerprint density at radius 1 is 0.789 bits per heavy atom. The van der Waals surface area contributed by atoms with Gasteiger partial charge in [0.2, 0.25) is 17.5 Å². The van der Waals surface area contributed by atoms with E-state index in [9.17, 15) is 19.2 Å². The van der Waals surface area contributed by atoms with Crippen molar-refractivity contribution in [2.75, 3.05) is 55.6 Å². The zero-order valence-electron chi connectivity index (χ0n) is 32.0. The summed E-state index contributed by atoms with van der Waals surface area (Å²) in [7, 11) is 0. The highest BCUT2D eigenvalue weighted by Crippen LogP contribution is 2.36. The van der Waals surface area contributed by atoms with Gasteiger partial charge in [-0.2, -0.15) is 0 Å². The molecule has 1 N–H and O–H groups in total. The summed E-state index contributed by atoms with van der Waals surface area (Å²) in [4.78, 5) is 69.9. The number of hydrogen-bond acceptors (Lipinski definition) is 9. The van der Waals surface area contributed by atoms with Crippen LogP contribution in [0.15, 0.2) is 48.7 Å². The number of hydrogen-bond donors (Lipinski definition) is 1. The molecule has 13 nitrogen and oxygen atoms in total. The lowest BCUT2D eigenvalue weighted by Gasteiger charge is -2.40. The molecule has 0 spiro atoms. The number of carbonyl (C=O) groups is 4. The third-order valence-corrected chi connectivity index (χ3v) is 13.2. The number of carbonyl (C=O) groups excluding carboxylic acids is 4. The minimum absolute atomic E-state index is 0.0597. The normalized spacial score (nSPS) is 24.4. The van der Waals surface area contributed by atoms with Crippen LogP contribution in [0.3, 0.4) is 0 Å². The van der Waals surface area contributed by atoms with E-state index >= 15 is 0 Å². The molecule has 296 valence electrons. The van der Waals surface area contributed by atoms with Crippen LogP contribution < -0.4 is 19.9 Å². The van der Waals surface area contributed by atoms with Gasteiger partial charge in [0.05, 0.1) is 23.3 Å². The standard InChI is InChI=1S/C43H47ClN8O5/c1-45-37-9-7-33(22-36(37)44)57-32-5-2-30(3-6-32)51-25-29-21-39(46-23-35(29)43(51)56)50-14-12-27(13-15-50)24-48-16-18-49(19-17-48)31-4-8-34-28(20-31)26-52(42(34)55)38-10-11-40(53)47-41(38)54/h4,7-9,20-23,27,30,32,38H,2-3,5-6,10-19,24-26H2,(H,47,53,54). The summed E-state index contributed by atoms with van der Waals surface area (Å²) in [6.45, 7) is 15.0. The number of halogens is 1. The van der Waals surface area contributed by atoms with E-state index in [1.165, 1.54) is 0 Å². The molecular weight excluding hydrogens is 744 g/mol. The lowest BCUT2D eigenvalue weighted by Crippen LogP contribution is -2.52. The van der Waals surface area contributed by atoms with Crippen molar-refractivity contribution >= 4 is 52.4 Å². The highest BCUT2D eigenvalue weighted by atomic mass is 35.5. The second kappa shape index (κ2) is 15.6. The van der Waals surface area contributed by atoms with E-state index in [1.807, 2.05) is 17.0 Å². The Bertz CT molecular complexity index is 2130. The molecule has 4 amide bonds. The molecule has 14 heteroatoms. The van der Waals surface area contributed by atoms with Gasteiger partial charge in [-0.1, -0.05) is 17.7 Å². The molecule has 9 rings (SSSR count). The summed E-state index contributed by atoms with van der Waals surface area (Å²) in [6.07, 6.45) is 8.14. The number of rotatable bonds is 8. The van der Waals surface area contributed by atoms with E-state index in [0.29, 0.717) is 47.5 Å². The predicted octanol–water partition coefficient (Wildman–Crippen LogP) is 5.43. The lowest BCUT2D eigenvalue weighted by molar-refractivity contribution is -0.136. The number of fused-ring (bicyclic) bond motifs is 2. The lowest BCUT2D eigenvalue weighted by atomic mass is 9.92. The molecule has 1 saturated carbocycles. The summed E-state index contributed by atoms with van der Waals surface area (Å²) < 4.78 is 6.19. The van der Waals surface area contributed by atoms with Crippen molar-refractivity contribution in [3.05, 3.63) is 87.4 Å². The number of piperidine rings is 2. The van der Waals surface area contributed by atoms with Crippen molar-refractivity contribution in [2.24, 2.45) is 5.92 Å². The first-order valence-corrected chi connectivity index (χ1v) is 20.7. The molecule has 3 aromatic rings. The number of amides is 4. The van der Waals surface area contributed by atoms with E-state index in [0.717, 1.165) is 113 Å². The van der Waals surface area contributed by atoms with Gasteiger partial charge in [0.25, 0.3) is 11.8 Å². The molecule has 57 heavy (non-hydrogen) atoms. The molecule has 1 atom stereocenters. The Morgan fingerprint density at radius 2 is 1.53 bits per heavy atom. The third kappa shape index (κ3) is 7.53. The average molecular weight is 791 g/mol. The second-order valence-corrected chi connectivity index (χ2v) is 16.8. The Hall–Kier alpha value is -5.19. The van der Waals surface area contributed by atoms with Gasteiger partial charge in [0.1, 0.15) is 17.6 Å². The van der Waals surface area contributed by atoms with Crippen molar-refractivity contribution in [2.45, 2.75) is 82.6 Å². The quantitative estimate of drug-likeness (QED) is 0.235. The first kappa shape index (κ1) is 37.4. The fraction of sp³-hybridized carbons (Fsp3) is 0.488. The summed E-state index contributed by atoms with van der Waals surface area (Å²) >= 11 is 6.21. The van der Waals surface area contributed by atoms with Gasteiger partial charge in [-0.3, -0.25) is 29.4 Å². The van der Waals surface area contributed by atoms with Crippen LogP contribution in [0, 0.1) is 12.5 Å². The first-order chi connectivity index (χ1) is 27.7. The smallest absolute Gasteiger partial charge is 0.256 e. The van der Waals surface area contributed by atoms with E-state index in [1.54, 1.807) is 29.3 Å². The Morgan fingerprint density at radius 3 is 2.26 bits per heavy atom. The Balaban J connectivity index is 0.722. The summed E-state index contributed by atoms with van der Waals surface area (Å²) in [6, 6.07) is 12.9. The largest absolute Gasteiger partial charge is 0.490 e. The molecule has 1 unspecified atom stereocenters. The van der Waals surface area contributed by atoms with Gasteiger partial charge in [-0.15, -0.1) is 0 Å². The number of piperazine rings is 1. The second-order valence-electron chi connectivity index (χ2n) is 16.4. The van der Waals surface area contributed by atoms with Crippen molar-refractivity contribution < 1.29 is 23.9 Å². The number of pyridine rings is 1. The number of nitrogens with one attached hydrogen (secondary N) is 1. The van der Waals surface area contributed by atoms with E-state index in [-0.39, 0.29) is 42.2 Å². The number of benzene rings is 2. The maximum absolute atomic E-state index is 13.5. The summed E-state index contributed by atoms with van der Waals surface area (Å²) in [5.41, 5.74) is 4.91. The van der Waals surface area contributed by atoms with E-state index in [4.69, 9.17) is 27.9 Å². The average Bonchev–Trinajstić information content (AvgIpc) is 3.73. The molecular formula is C43H47ClN8O5. The van der Waals surface area contributed by atoms with Crippen LogP contribution in [0.4, 0.5) is 17.2 Å². The molecule has 3 saturated heterocycles. The fourth-order valence-corrected chi connectivity index (χ4v) is 9.87. The molecule has 6 aliphatic rings. The molecule has 4 fully saturated rings. The number of anilines is 2. The highest BCUT2D eigenvalue weighted by Gasteiger charge is 2.40. The van der Waals surface area contributed by atoms with E-state index < -0.39 is 6.04 Å². The van der Waals surface area contributed by atoms with Crippen LogP contribution in [-0.4, -0.2) is 107 Å². The van der Waals surface area contributed by atoms with Crippen molar-refractivity contribution in [3.8, 4) is 5.75 Å². The van der Waals surface area contributed by atoms with Crippen LogP contribution in [0.25, 0.3) is 4.85 Å². The monoisotopic (exact) mass is 790 g/mol. The van der Waals surface area contributed by atoms with Crippen molar-refractivity contribution in [3.63, 3.8) is 0 Å². The third-order valence-electron chi connectivity index (χ3n) is 12.9. The molecule has 0 bridgehead atoms. The van der Waals surface area contributed by atoms with Crippen LogP contribution >= 0.6 is 11.6 Å². The first-order valence-electron chi connectivity index (χ1n) is 20.3. The van der Waals surface area contributed by atoms with Gasteiger partial charge < -0.3 is 24.3 Å². The SMILES string of the molecule is [C-]#[N+]c1ccc(OC2CCC(N3Cc4cc(N5CCC(CN6CCN(c7ccc8c(c7)CN(C7CCC(=O)NC7=O)C8=O)CC6)CC5)ncc4C3=O)CC2)cc1Cl. The molecule has 2 aromatic carbocycles. The number of imide groups is 1. The van der Waals surface area contributed by atoms with Gasteiger partial charge in [0.15, 0.2) is 0 Å². The Kier molecular flexibility index (Phi) is 10.3. The van der Waals surface area contributed by atoms with E-state index in [2.05, 4.69) is 37.0 Å². The Labute approximate surface area is 337 Å². The van der Waals surface area contributed by atoms with Crippen LogP contribution in [0.2, 0.25) is 5.02 Å². The molecule has 6 heterocycles. The summed E-state index contributed by atoms with van der Waals surface area (Å²) in [5, 5.41) is 2.78. The molecule has 1 aromatic heterocycles. The van der Waals surface area contributed by atoms with Gasteiger partial charge in [0, 0.05) is 88.8 Å². The fourth-order valence-electron chi connectivity index (χ4n) is 9.66. The highest BCUT2D eigenvalue weighted by molar-refractivity contribution is 6.33. The van der Waals surface area contributed by atoms with Crippen molar-refractivity contribution in [1.82, 2.24) is 25.0 Å². The van der Waals surface area contributed by atoms with Gasteiger partial charge in [-0.05, 0) is 98.4 Å². The molecule has 1 aliphatic carbocycles. The topological polar surface area (TPSA) is 123 Å².